The number of fused-ring (bicyclic) bond motifs is 1. The van der Waals surface area contributed by atoms with Gasteiger partial charge in [-0.25, -0.2) is 14.6 Å². The van der Waals surface area contributed by atoms with Gasteiger partial charge in [-0.2, -0.15) is 10.4 Å². The third kappa shape index (κ3) is 4.88. The average Bonchev–Trinajstić information content (AvgIpc) is 3.62. The normalized spacial score (nSPS) is 12.0. The number of methoxy groups -OCH3 is 1. The molecule has 0 fully saturated rings. The molecule has 0 aliphatic carbocycles. The lowest BCUT2D eigenvalue weighted by Crippen LogP contribution is -2.10. The Labute approximate surface area is 212 Å². The van der Waals surface area contributed by atoms with Gasteiger partial charge in [-0.15, -0.1) is 0 Å². The van der Waals surface area contributed by atoms with E-state index in [1.807, 2.05) is 54.0 Å². The van der Waals surface area contributed by atoms with Gasteiger partial charge >= 0.3 is 0 Å². The molecule has 0 saturated heterocycles. The maximum absolute atomic E-state index is 10.3. The molecule has 37 heavy (non-hydrogen) atoms. The summed E-state index contributed by atoms with van der Waals surface area (Å²) in [6, 6.07) is 17.0. The number of hydrogen-bond donors (Lipinski definition) is 3. The van der Waals surface area contributed by atoms with Crippen molar-refractivity contribution in [3.05, 3.63) is 71.8 Å². The number of hydrogen-bond acceptors (Lipinski definition) is 8. The molecule has 0 spiro atoms. The molecule has 11 heteroatoms. The van der Waals surface area contributed by atoms with Gasteiger partial charge in [-0.3, -0.25) is 4.57 Å². The van der Waals surface area contributed by atoms with Gasteiger partial charge in [0.25, 0.3) is 0 Å². The summed E-state index contributed by atoms with van der Waals surface area (Å²) in [6.45, 7) is 4.49. The maximum atomic E-state index is 10.3. The number of aromatic amines is 1. The van der Waals surface area contributed by atoms with Crippen molar-refractivity contribution in [1.29, 1.82) is 5.26 Å². The molecule has 1 unspecified atom stereocenters. The third-order valence-corrected chi connectivity index (χ3v) is 5.82. The maximum Gasteiger partial charge on any atom is 0.192 e. The highest BCUT2D eigenvalue weighted by atomic mass is 16.5. The zero-order valence-electron chi connectivity index (χ0n) is 20.6. The van der Waals surface area contributed by atoms with Crippen LogP contribution >= 0.6 is 0 Å². The van der Waals surface area contributed by atoms with E-state index in [9.17, 15) is 10.4 Å². The second-order valence-corrected chi connectivity index (χ2v) is 8.47. The number of rotatable bonds is 9. The van der Waals surface area contributed by atoms with Crippen molar-refractivity contribution in [3.63, 3.8) is 0 Å². The predicted molar refractivity (Wildman–Crippen MR) is 138 cm³/mol. The molecule has 1 aromatic carbocycles. The van der Waals surface area contributed by atoms with Crippen molar-refractivity contribution in [1.82, 2.24) is 29.3 Å². The molecule has 188 valence electrons. The summed E-state index contributed by atoms with van der Waals surface area (Å²) in [5.74, 6) is 2.51. The summed E-state index contributed by atoms with van der Waals surface area (Å²) < 4.78 is 14.0. The molecule has 0 aliphatic heterocycles. The monoisotopic (exact) mass is 498 g/mol. The van der Waals surface area contributed by atoms with E-state index in [2.05, 4.69) is 26.5 Å². The molecular weight excluding hydrogens is 472 g/mol. The van der Waals surface area contributed by atoms with Crippen LogP contribution in [-0.2, 0) is 4.74 Å². The predicted octanol–water partition coefficient (Wildman–Crippen LogP) is 3.94. The number of ether oxygens (including phenoxy) is 2. The van der Waals surface area contributed by atoms with Crippen molar-refractivity contribution in [2.24, 2.45) is 0 Å². The van der Waals surface area contributed by atoms with E-state index in [0.29, 0.717) is 36.3 Å². The number of aryl methyl sites for hydroxylation is 1. The number of aromatic nitrogens is 6. The molecule has 5 aromatic rings. The van der Waals surface area contributed by atoms with Crippen LogP contribution < -0.4 is 10.1 Å². The van der Waals surface area contributed by atoms with Crippen LogP contribution in [0.15, 0.2) is 54.9 Å². The number of nitriles is 1. The molecule has 0 amide bonds. The summed E-state index contributed by atoms with van der Waals surface area (Å²) in [5.41, 5.74) is 4.12. The summed E-state index contributed by atoms with van der Waals surface area (Å²) in [7, 11) is 1.63. The minimum Gasteiger partial charge on any atom is -0.476 e. The summed E-state index contributed by atoms with van der Waals surface area (Å²) in [4.78, 5) is 12.5. The summed E-state index contributed by atoms with van der Waals surface area (Å²) in [5, 5.41) is 27.2. The SMILES string of the molecule is COCCOc1ccc(Nc2ccc3c(c2)ncn3-c2ccc(C(C)O)c(-n3nc(C#N)cc3C)n2)[nH]1. The number of nitrogens with one attached hydrogen (secondary N) is 2. The molecule has 0 aliphatic rings. The highest BCUT2D eigenvalue weighted by molar-refractivity contribution is 5.82. The Morgan fingerprint density at radius 2 is 2.03 bits per heavy atom. The van der Waals surface area contributed by atoms with Gasteiger partial charge in [0.1, 0.15) is 30.6 Å². The zero-order chi connectivity index (χ0) is 25.9. The van der Waals surface area contributed by atoms with Crippen molar-refractivity contribution >= 4 is 22.5 Å². The van der Waals surface area contributed by atoms with E-state index in [4.69, 9.17) is 14.5 Å². The fourth-order valence-electron chi connectivity index (χ4n) is 4.02. The van der Waals surface area contributed by atoms with Gasteiger partial charge in [0.15, 0.2) is 17.4 Å². The van der Waals surface area contributed by atoms with Crippen LogP contribution in [0.3, 0.4) is 0 Å². The second kappa shape index (κ2) is 10.1. The minimum atomic E-state index is -0.766. The van der Waals surface area contributed by atoms with E-state index < -0.39 is 6.10 Å². The molecule has 4 aromatic heterocycles. The van der Waals surface area contributed by atoms with Gasteiger partial charge < -0.3 is 24.9 Å². The van der Waals surface area contributed by atoms with Crippen molar-refractivity contribution in [2.45, 2.75) is 20.0 Å². The van der Waals surface area contributed by atoms with Crippen LogP contribution in [0, 0.1) is 18.3 Å². The molecule has 5 rings (SSSR count). The second-order valence-electron chi connectivity index (χ2n) is 8.47. The minimum absolute atomic E-state index is 0.282. The molecule has 3 N–H and O–H groups in total. The Morgan fingerprint density at radius 1 is 1.16 bits per heavy atom. The Balaban J connectivity index is 1.44. The lowest BCUT2D eigenvalue weighted by Gasteiger charge is -2.14. The standard InChI is InChI=1S/C26H26N8O3/c1-16-12-19(14-27)32-34(16)26-20(17(2)35)5-8-24(31-26)33-15-28-21-13-18(4-6-22(21)33)29-23-7-9-25(30-23)37-11-10-36-3/h4-9,12-13,15,17,29-30,35H,10-11H2,1-3H3. The first-order chi connectivity index (χ1) is 18.0. The van der Waals surface area contributed by atoms with Gasteiger partial charge in [0, 0.05) is 30.1 Å². The van der Waals surface area contributed by atoms with Gasteiger partial charge in [-0.05, 0) is 56.3 Å². The quantitative estimate of drug-likeness (QED) is 0.260. The number of aliphatic hydroxyl groups excluding tert-OH is 1. The number of aliphatic hydroxyl groups is 1. The Hall–Kier alpha value is -4.66. The smallest absolute Gasteiger partial charge is 0.192 e. The summed E-state index contributed by atoms with van der Waals surface area (Å²) in [6.07, 6.45) is 0.938. The number of H-pyrrole nitrogens is 1. The van der Waals surface area contributed by atoms with Crippen LogP contribution in [0.25, 0.3) is 22.7 Å². The lowest BCUT2D eigenvalue weighted by molar-refractivity contribution is 0.144. The van der Waals surface area contributed by atoms with Crippen LogP contribution in [0.2, 0.25) is 0 Å². The highest BCUT2D eigenvalue weighted by Gasteiger charge is 2.17. The first kappa shape index (κ1) is 24.1. The number of pyridine rings is 1. The molecule has 0 saturated carbocycles. The molecule has 0 bridgehead atoms. The van der Waals surface area contributed by atoms with Crippen LogP contribution in [-0.4, -0.2) is 54.7 Å². The molecule has 11 nitrogen and oxygen atoms in total. The van der Waals surface area contributed by atoms with E-state index in [1.165, 1.54) is 0 Å². The van der Waals surface area contributed by atoms with E-state index >= 15 is 0 Å². The van der Waals surface area contributed by atoms with Crippen molar-refractivity contribution in [2.75, 3.05) is 25.6 Å². The van der Waals surface area contributed by atoms with Crippen molar-refractivity contribution in [3.8, 4) is 23.6 Å². The molecule has 0 radical (unpaired) electrons. The zero-order valence-corrected chi connectivity index (χ0v) is 20.6. The van der Waals surface area contributed by atoms with E-state index in [-0.39, 0.29) is 5.69 Å². The number of nitrogens with zero attached hydrogens (tertiary/aromatic N) is 6. The Morgan fingerprint density at radius 3 is 2.78 bits per heavy atom. The van der Waals surface area contributed by atoms with Crippen molar-refractivity contribution < 1.29 is 14.6 Å². The van der Waals surface area contributed by atoms with Crippen LogP contribution in [0.4, 0.5) is 11.5 Å². The third-order valence-electron chi connectivity index (χ3n) is 5.82. The number of anilines is 2. The number of imidazole rings is 1. The van der Waals surface area contributed by atoms with Gasteiger partial charge in [-0.1, -0.05) is 0 Å². The molecule has 4 heterocycles. The molecule has 1 atom stereocenters. The Bertz CT molecular complexity index is 1590. The highest BCUT2D eigenvalue weighted by Crippen LogP contribution is 2.27. The topological polar surface area (TPSA) is 139 Å². The average molecular weight is 499 g/mol. The largest absolute Gasteiger partial charge is 0.476 e. The van der Waals surface area contributed by atoms with Gasteiger partial charge in [0.05, 0.1) is 23.7 Å². The Kier molecular flexibility index (Phi) is 6.59. The van der Waals surface area contributed by atoms with Crippen LogP contribution in [0.1, 0.15) is 30.0 Å². The van der Waals surface area contributed by atoms with E-state index in [1.54, 1.807) is 31.1 Å². The fourth-order valence-corrected chi connectivity index (χ4v) is 4.02. The first-order valence-electron chi connectivity index (χ1n) is 11.7. The molecular formula is C26H26N8O3. The lowest BCUT2D eigenvalue weighted by atomic mass is 10.1. The first-order valence-corrected chi connectivity index (χ1v) is 11.7. The van der Waals surface area contributed by atoms with Gasteiger partial charge in [0.2, 0.25) is 0 Å². The van der Waals surface area contributed by atoms with E-state index in [0.717, 1.165) is 28.2 Å². The summed E-state index contributed by atoms with van der Waals surface area (Å²) >= 11 is 0. The van der Waals surface area contributed by atoms with Crippen LogP contribution in [0.5, 0.6) is 5.88 Å². The fraction of sp³-hybridized carbons (Fsp3) is 0.231. The number of benzene rings is 1.